The molecule has 0 fully saturated rings. The van der Waals surface area contributed by atoms with Gasteiger partial charge in [-0.3, -0.25) is 0 Å². The van der Waals surface area contributed by atoms with Gasteiger partial charge in [0.05, 0.1) is 6.61 Å². The molecule has 0 spiro atoms. The lowest BCUT2D eigenvalue weighted by Crippen LogP contribution is -2.18. The standard InChI is InChI=1S/C16H18NO/c1-18-12-11-17-13-14-7-9-16(10-8-14)15-5-3-2-4-6-15/h2-7,9-10,17H,11-13H2,1H3. The molecule has 93 valence electrons. The molecule has 0 aliphatic rings. The van der Waals surface area contributed by atoms with E-state index in [4.69, 9.17) is 4.74 Å². The van der Waals surface area contributed by atoms with Crippen LogP contribution in [-0.2, 0) is 11.3 Å². The van der Waals surface area contributed by atoms with Gasteiger partial charge < -0.3 is 10.1 Å². The molecular formula is C16H18NO. The highest BCUT2D eigenvalue weighted by Gasteiger charge is 1.97. The maximum Gasteiger partial charge on any atom is 0.0587 e. The predicted molar refractivity (Wildman–Crippen MR) is 74.3 cm³/mol. The maximum atomic E-state index is 4.98. The van der Waals surface area contributed by atoms with Gasteiger partial charge >= 0.3 is 0 Å². The number of hydrogen-bond donors (Lipinski definition) is 1. The lowest BCUT2D eigenvalue weighted by Gasteiger charge is -2.05. The van der Waals surface area contributed by atoms with E-state index >= 15 is 0 Å². The first-order valence-electron chi connectivity index (χ1n) is 6.16. The highest BCUT2D eigenvalue weighted by Crippen LogP contribution is 2.18. The van der Waals surface area contributed by atoms with Gasteiger partial charge in [-0.2, -0.15) is 0 Å². The summed E-state index contributed by atoms with van der Waals surface area (Å²) in [6.45, 7) is 2.44. The van der Waals surface area contributed by atoms with E-state index in [9.17, 15) is 0 Å². The first-order valence-corrected chi connectivity index (χ1v) is 6.16. The molecule has 0 heterocycles. The summed E-state index contributed by atoms with van der Waals surface area (Å²) in [5, 5.41) is 3.31. The van der Waals surface area contributed by atoms with E-state index in [1.54, 1.807) is 7.11 Å². The average molecular weight is 240 g/mol. The topological polar surface area (TPSA) is 21.3 Å². The number of hydrogen-bond acceptors (Lipinski definition) is 2. The molecule has 0 amide bonds. The Labute approximate surface area is 109 Å². The van der Waals surface area contributed by atoms with Gasteiger partial charge in [-0.25, -0.2) is 0 Å². The number of rotatable bonds is 6. The van der Waals surface area contributed by atoms with Crippen LogP contribution in [0, 0.1) is 6.07 Å². The molecule has 0 atom stereocenters. The number of ether oxygens (including phenoxy) is 1. The number of nitrogens with one attached hydrogen (secondary N) is 1. The van der Waals surface area contributed by atoms with Crippen LogP contribution in [0.3, 0.4) is 0 Å². The van der Waals surface area contributed by atoms with E-state index in [-0.39, 0.29) is 0 Å². The van der Waals surface area contributed by atoms with Crippen LogP contribution in [0.1, 0.15) is 5.56 Å². The summed E-state index contributed by atoms with van der Waals surface area (Å²) in [6, 6.07) is 20.0. The Kier molecular flexibility index (Phi) is 4.94. The van der Waals surface area contributed by atoms with Gasteiger partial charge in [0.1, 0.15) is 0 Å². The molecule has 0 unspecified atom stereocenters. The zero-order valence-electron chi connectivity index (χ0n) is 10.6. The predicted octanol–water partition coefficient (Wildman–Crippen LogP) is 2.89. The second-order valence-electron chi connectivity index (χ2n) is 4.14. The Morgan fingerprint density at radius 3 is 2.56 bits per heavy atom. The minimum Gasteiger partial charge on any atom is -0.383 e. The van der Waals surface area contributed by atoms with Crippen molar-refractivity contribution in [1.82, 2.24) is 5.32 Å². The Morgan fingerprint density at radius 1 is 1.06 bits per heavy atom. The molecule has 2 heteroatoms. The second-order valence-corrected chi connectivity index (χ2v) is 4.14. The van der Waals surface area contributed by atoms with E-state index < -0.39 is 0 Å². The average Bonchev–Trinajstić information content (AvgIpc) is 2.45. The van der Waals surface area contributed by atoms with Gasteiger partial charge in [0.15, 0.2) is 0 Å². The molecule has 0 aromatic heterocycles. The van der Waals surface area contributed by atoms with Crippen LogP contribution in [0.2, 0.25) is 0 Å². The minimum atomic E-state index is 0.738. The summed E-state index contributed by atoms with van der Waals surface area (Å²) >= 11 is 0. The van der Waals surface area contributed by atoms with Crippen LogP contribution in [0.15, 0.2) is 48.5 Å². The van der Waals surface area contributed by atoms with Crippen LogP contribution < -0.4 is 5.32 Å². The van der Waals surface area contributed by atoms with Crippen molar-refractivity contribution in [2.45, 2.75) is 6.54 Å². The molecule has 18 heavy (non-hydrogen) atoms. The Bertz CT molecular complexity index is 450. The minimum absolute atomic E-state index is 0.738. The van der Waals surface area contributed by atoms with Crippen molar-refractivity contribution in [1.29, 1.82) is 0 Å². The van der Waals surface area contributed by atoms with Gasteiger partial charge in [0, 0.05) is 20.2 Å². The van der Waals surface area contributed by atoms with Crippen LogP contribution in [-0.4, -0.2) is 20.3 Å². The molecule has 0 aliphatic carbocycles. The van der Waals surface area contributed by atoms with Crippen molar-refractivity contribution in [2.75, 3.05) is 20.3 Å². The molecule has 2 aromatic carbocycles. The summed E-state index contributed by atoms with van der Waals surface area (Å²) < 4.78 is 4.98. The second kappa shape index (κ2) is 6.94. The van der Waals surface area contributed by atoms with Crippen molar-refractivity contribution < 1.29 is 4.74 Å². The molecule has 0 saturated carbocycles. The van der Waals surface area contributed by atoms with Crippen LogP contribution in [0.4, 0.5) is 0 Å². The highest BCUT2D eigenvalue weighted by atomic mass is 16.5. The van der Waals surface area contributed by atoms with Crippen molar-refractivity contribution in [2.24, 2.45) is 0 Å². The third-order valence-corrected chi connectivity index (χ3v) is 2.78. The lowest BCUT2D eigenvalue weighted by molar-refractivity contribution is 0.199. The first kappa shape index (κ1) is 12.8. The van der Waals surface area contributed by atoms with E-state index in [0.717, 1.165) is 19.7 Å². The van der Waals surface area contributed by atoms with E-state index in [1.807, 2.05) is 12.1 Å². The molecule has 2 rings (SSSR count). The number of methoxy groups -OCH3 is 1. The summed E-state index contributed by atoms with van der Waals surface area (Å²) in [5.41, 5.74) is 3.61. The fraction of sp³-hybridized carbons (Fsp3) is 0.250. The quantitative estimate of drug-likeness (QED) is 0.784. The maximum absolute atomic E-state index is 4.98. The van der Waals surface area contributed by atoms with Crippen LogP contribution in [0.5, 0.6) is 0 Å². The summed E-state index contributed by atoms with van der Waals surface area (Å²) in [6.07, 6.45) is 0. The van der Waals surface area contributed by atoms with Gasteiger partial charge in [-0.05, 0) is 28.8 Å². The number of benzene rings is 2. The third-order valence-electron chi connectivity index (χ3n) is 2.78. The molecule has 0 aliphatic heterocycles. The molecule has 2 aromatic rings. The molecule has 1 radical (unpaired) electrons. The zero-order chi connectivity index (χ0) is 12.6. The monoisotopic (exact) mass is 240 g/mol. The fourth-order valence-electron chi connectivity index (χ4n) is 1.77. The Hall–Kier alpha value is -1.64. The SMILES string of the molecule is COCCNCc1[c]cc(-c2ccccc2)cc1. The Balaban J connectivity index is 1.94. The van der Waals surface area contributed by atoms with Crippen molar-refractivity contribution in [3.8, 4) is 11.1 Å². The molecule has 0 saturated heterocycles. The Morgan fingerprint density at radius 2 is 1.89 bits per heavy atom. The molecule has 1 N–H and O–H groups in total. The van der Waals surface area contributed by atoms with Crippen LogP contribution >= 0.6 is 0 Å². The molecule has 0 bridgehead atoms. The zero-order valence-corrected chi connectivity index (χ0v) is 10.6. The summed E-state index contributed by atoms with van der Waals surface area (Å²) in [7, 11) is 1.71. The summed E-state index contributed by atoms with van der Waals surface area (Å²) in [4.78, 5) is 0. The van der Waals surface area contributed by atoms with E-state index in [1.165, 1.54) is 16.7 Å². The van der Waals surface area contributed by atoms with E-state index in [0.29, 0.717) is 0 Å². The third kappa shape index (κ3) is 3.69. The van der Waals surface area contributed by atoms with E-state index in [2.05, 4.69) is 47.8 Å². The van der Waals surface area contributed by atoms with Crippen molar-refractivity contribution in [3.63, 3.8) is 0 Å². The van der Waals surface area contributed by atoms with Crippen molar-refractivity contribution >= 4 is 0 Å². The summed E-state index contributed by atoms with van der Waals surface area (Å²) in [5.74, 6) is 0. The van der Waals surface area contributed by atoms with Gasteiger partial charge in [-0.1, -0.05) is 42.5 Å². The fourth-order valence-corrected chi connectivity index (χ4v) is 1.77. The highest BCUT2D eigenvalue weighted by molar-refractivity contribution is 5.63. The smallest absolute Gasteiger partial charge is 0.0587 e. The molecule has 2 nitrogen and oxygen atoms in total. The van der Waals surface area contributed by atoms with Crippen LogP contribution in [0.25, 0.3) is 11.1 Å². The van der Waals surface area contributed by atoms with Gasteiger partial charge in [0.2, 0.25) is 0 Å². The largest absolute Gasteiger partial charge is 0.383 e. The molecular weight excluding hydrogens is 222 g/mol. The van der Waals surface area contributed by atoms with Crippen molar-refractivity contribution in [3.05, 3.63) is 60.2 Å². The lowest BCUT2D eigenvalue weighted by atomic mass is 10.0. The van der Waals surface area contributed by atoms with Gasteiger partial charge in [0.25, 0.3) is 0 Å². The first-order chi connectivity index (χ1) is 8.90. The normalized spacial score (nSPS) is 10.5. The van der Waals surface area contributed by atoms with Gasteiger partial charge in [-0.15, -0.1) is 0 Å².